The third kappa shape index (κ3) is 4.39. The molecule has 0 aromatic heterocycles. The third-order valence-electron chi connectivity index (χ3n) is 8.09. The Morgan fingerprint density at radius 1 is 0.793 bits per heavy atom. The lowest BCUT2D eigenvalue weighted by molar-refractivity contribution is -0.127. The average molecular weight is 396 g/mol. The molecule has 1 aromatic carbocycles. The molecule has 4 heteroatoms. The minimum atomic E-state index is 0.215. The van der Waals surface area contributed by atoms with E-state index in [-0.39, 0.29) is 5.92 Å². The number of nitrogens with one attached hydrogen (secondary N) is 1. The number of hydrogen-bond donors (Lipinski definition) is 1. The van der Waals surface area contributed by atoms with Gasteiger partial charge in [-0.1, -0.05) is 37.1 Å². The van der Waals surface area contributed by atoms with Gasteiger partial charge in [0, 0.05) is 24.7 Å². The topological polar surface area (TPSA) is 35.6 Å². The zero-order chi connectivity index (χ0) is 19.6. The lowest BCUT2D eigenvalue weighted by Crippen LogP contribution is -2.52. The third-order valence-corrected chi connectivity index (χ3v) is 8.09. The van der Waals surface area contributed by atoms with Crippen LogP contribution in [-0.4, -0.2) is 60.0 Å². The molecule has 1 amide bonds. The van der Waals surface area contributed by atoms with Crippen LogP contribution < -0.4 is 5.32 Å². The summed E-state index contributed by atoms with van der Waals surface area (Å²) in [5, 5.41) is 3.35. The van der Waals surface area contributed by atoms with Crippen molar-refractivity contribution in [3.8, 4) is 0 Å². The second-order valence-corrected chi connectivity index (χ2v) is 9.92. The smallest absolute Gasteiger partial charge is 0.224 e. The van der Waals surface area contributed by atoms with E-state index < -0.39 is 0 Å². The van der Waals surface area contributed by atoms with E-state index >= 15 is 0 Å². The maximum atomic E-state index is 12.8. The fourth-order valence-corrected chi connectivity index (χ4v) is 6.35. The van der Waals surface area contributed by atoms with Gasteiger partial charge in [0.2, 0.25) is 5.91 Å². The first-order valence-electron chi connectivity index (χ1n) is 12.1. The zero-order valence-corrected chi connectivity index (χ0v) is 17.8. The number of nitrogens with zero attached hydrogens (tertiary/aromatic N) is 2. The standard InChI is InChI=1S/C25H37N3O/c29-25(26-22-9-3-4-10-22)21-8-5-13-28(18-21)23-11-14-27(15-12-23)24-16-19-6-1-2-7-20(19)17-24/h1-2,6-7,21-24H,3-5,8-18H2,(H,26,29)/t21-/m1/s1. The molecule has 2 saturated heterocycles. The van der Waals surface area contributed by atoms with Gasteiger partial charge < -0.3 is 5.32 Å². The van der Waals surface area contributed by atoms with E-state index in [1.54, 1.807) is 11.1 Å². The van der Waals surface area contributed by atoms with Gasteiger partial charge in [0.1, 0.15) is 0 Å². The fourth-order valence-electron chi connectivity index (χ4n) is 6.35. The van der Waals surface area contributed by atoms with Gasteiger partial charge in [-0.05, 0) is 82.1 Å². The average Bonchev–Trinajstić information content (AvgIpc) is 3.43. The molecule has 3 fully saturated rings. The van der Waals surface area contributed by atoms with Crippen molar-refractivity contribution in [1.82, 2.24) is 15.1 Å². The molecule has 158 valence electrons. The summed E-state index contributed by atoms with van der Waals surface area (Å²) >= 11 is 0. The van der Waals surface area contributed by atoms with E-state index in [0.29, 0.717) is 24.0 Å². The number of amides is 1. The molecule has 2 heterocycles. The first-order chi connectivity index (χ1) is 14.3. The van der Waals surface area contributed by atoms with Crippen LogP contribution in [-0.2, 0) is 17.6 Å². The number of likely N-dealkylation sites (tertiary alicyclic amines) is 2. The Morgan fingerprint density at radius 3 is 2.17 bits per heavy atom. The molecule has 0 spiro atoms. The molecule has 0 unspecified atom stereocenters. The minimum Gasteiger partial charge on any atom is -0.353 e. The van der Waals surface area contributed by atoms with Crippen molar-refractivity contribution in [3.63, 3.8) is 0 Å². The van der Waals surface area contributed by atoms with E-state index in [4.69, 9.17) is 0 Å². The Balaban J connectivity index is 1.11. The van der Waals surface area contributed by atoms with Crippen molar-refractivity contribution < 1.29 is 4.79 Å². The number of piperidine rings is 2. The van der Waals surface area contributed by atoms with Crippen molar-refractivity contribution in [1.29, 1.82) is 0 Å². The van der Waals surface area contributed by atoms with Gasteiger partial charge >= 0.3 is 0 Å². The second-order valence-electron chi connectivity index (χ2n) is 9.92. The molecule has 0 bridgehead atoms. The molecule has 1 aromatic rings. The number of carbonyl (C=O) groups is 1. The Hall–Kier alpha value is -1.39. The van der Waals surface area contributed by atoms with Crippen molar-refractivity contribution in [2.24, 2.45) is 5.92 Å². The van der Waals surface area contributed by atoms with Gasteiger partial charge in [0.25, 0.3) is 0 Å². The van der Waals surface area contributed by atoms with Gasteiger partial charge in [-0.2, -0.15) is 0 Å². The van der Waals surface area contributed by atoms with Crippen LogP contribution in [0.2, 0.25) is 0 Å². The van der Waals surface area contributed by atoms with Gasteiger partial charge in [-0.25, -0.2) is 0 Å². The highest BCUT2D eigenvalue weighted by molar-refractivity contribution is 5.79. The molecule has 1 saturated carbocycles. The van der Waals surface area contributed by atoms with E-state index in [1.165, 1.54) is 77.4 Å². The summed E-state index contributed by atoms with van der Waals surface area (Å²) in [4.78, 5) is 18.2. The first kappa shape index (κ1) is 19.6. The number of fused-ring (bicyclic) bond motifs is 1. The largest absolute Gasteiger partial charge is 0.353 e. The molecule has 1 atom stereocenters. The summed E-state index contributed by atoms with van der Waals surface area (Å²) in [5.41, 5.74) is 3.12. The molecule has 2 aliphatic carbocycles. The van der Waals surface area contributed by atoms with Crippen LogP contribution in [0, 0.1) is 5.92 Å². The molecule has 2 aliphatic heterocycles. The van der Waals surface area contributed by atoms with Crippen molar-refractivity contribution in [3.05, 3.63) is 35.4 Å². The number of hydrogen-bond acceptors (Lipinski definition) is 3. The molecule has 4 aliphatic rings. The second kappa shape index (κ2) is 8.77. The number of rotatable bonds is 4. The van der Waals surface area contributed by atoms with Gasteiger partial charge in [-0.3, -0.25) is 14.6 Å². The lowest BCUT2D eigenvalue weighted by Gasteiger charge is -2.43. The van der Waals surface area contributed by atoms with Crippen LogP contribution in [0.15, 0.2) is 24.3 Å². The molecular weight excluding hydrogens is 358 g/mol. The van der Waals surface area contributed by atoms with E-state index in [2.05, 4.69) is 39.4 Å². The predicted molar refractivity (Wildman–Crippen MR) is 117 cm³/mol. The first-order valence-corrected chi connectivity index (χ1v) is 12.1. The van der Waals surface area contributed by atoms with Crippen LogP contribution in [0.4, 0.5) is 0 Å². The quantitative estimate of drug-likeness (QED) is 0.849. The summed E-state index contributed by atoms with van der Waals surface area (Å²) in [7, 11) is 0. The van der Waals surface area contributed by atoms with Crippen LogP contribution in [0.3, 0.4) is 0 Å². The SMILES string of the molecule is O=C(NC1CCCC1)[C@@H]1CCCN(C2CCN(C3Cc4ccccc4C3)CC2)C1. The van der Waals surface area contributed by atoms with Crippen LogP contribution in [0.1, 0.15) is 62.5 Å². The fraction of sp³-hybridized carbons (Fsp3) is 0.720. The van der Waals surface area contributed by atoms with Crippen LogP contribution in [0.25, 0.3) is 0 Å². The van der Waals surface area contributed by atoms with E-state index in [0.717, 1.165) is 13.0 Å². The van der Waals surface area contributed by atoms with Gasteiger partial charge in [-0.15, -0.1) is 0 Å². The zero-order valence-electron chi connectivity index (χ0n) is 17.8. The summed E-state index contributed by atoms with van der Waals surface area (Å²) in [6.45, 7) is 4.61. The summed E-state index contributed by atoms with van der Waals surface area (Å²) in [6.07, 6.45) is 12.2. The van der Waals surface area contributed by atoms with E-state index in [9.17, 15) is 4.79 Å². The maximum absolute atomic E-state index is 12.8. The highest BCUT2D eigenvalue weighted by atomic mass is 16.2. The molecule has 4 nitrogen and oxygen atoms in total. The Bertz CT molecular complexity index is 681. The highest BCUT2D eigenvalue weighted by Crippen LogP contribution is 2.30. The predicted octanol–water partition coefficient (Wildman–Crippen LogP) is 3.39. The van der Waals surface area contributed by atoms with Crippen LogP contribution >= 0.6 is 0 Å². The van der Waals surface area contributed by atoms with E-state index in [1.807, 2.05) is 0 Å². The monoisotopic (exact) mass is 395 g/mol. The number of carbonyl (C=O) groups excluding carboxylic acids is 1. The summed E-state index contributed by atoms with van der Waals surface area (Å²) < 4.78 is 0. The van der Waals surface area contributed by atoms with Crippen molar-refractivity contribution in [2.75, 3.05) is 26.2 Å². The number of benzene rings is 1. The molecule has 29 heavy (non-hydrogen) atoms. The molecular formula is C25H37N3O. The van der Waals surface area contributed by atoms with Gasteiger partial charge in [0.15, 0.2) is 0 Å². The maximum Gasteiger partial charge on any atom is 0.224 e. The molecule has 0 radical (unpaired) electrons. The summed E-state index contributed by atoms with van der Waals surface area (Å²) in [6, 6.07) is 10.8. The Labute approximate surface area is 176 Å². The Morgan fingerprint density at radius 2 is 1.48 bits per heavy atom. The minimum absolute atomic E-state index is 0.215. The lowest BCUT2D eigenvalue weighted by atomic mass is 9.92. The molecule has 5 rings (SSSR count). The van der Waals surface area contributed by atoms with Crippen molar-refractivity contribution >= 4 is 5.91 Å². The highest BCUT2D eigenvalue weighted by Gasteiger charge is 2.35. The van der Waals surface area contributed by atoms with Crippen molar-refractivity contribution in [2.45, 2.75) is 82.3 Å². The Kier molecular flexibility index (Phi) is 5.92. The summed E-state index contributed by atoms with van der Waals surface area (Å²) in [5.74, 6) is 0.550. The molecule has 1 N–H and O–H groups in total. The van der Waals surface area contributed by atoms with Crippen LogP contribution in [0.5, 0.6) is 0 Å². The van der Waals surface area contributed by atoms with Gasteiger partial charge in [0.05, 0.1) is 5.92 Å². The normalized spacial score (nSPS) is 27.9.